The van der Waals surface area contributed by atoms with Crippen LogP contribution in [0, 0.1) is 17.8 Å². The Labute approximate surface area is 197 Å². The number of benzene rings is 1. The molecule has 0 aromatic heterocycles. The number of para-hydroxylation sites is 1. The Hall–Kier alpha value is -1.25. The number of hydrogen-bond donors (Lipinski definition) is 2. The molecule has 1 aromatic carbocycles. The van der Waals surface area contributed by atoms with E-state index in [1.807, 2.05) is 37.3 Å². The van der Waals surface area contributed by atoms with Gasteiger partial charge in [0.2, 0.25) is 5.91 Å². The molecule has 0 saturated heterocycles. The Bertz CT molecular complexity index is 713. The number of allylic oxidation sites excluding steroid dienone is 3. The first-order valence-corrected chi connectivity index (χ1v) is 14.3. The molecule has 32 heavy (non-hydrogen) atoms. The normalized spacial score (nSPS) is 24.6. The molecular formula is C25H39NO4P2. The predicted molar refractivity (Wildman–Crippen MR) is 137 cm³/mol. The second-order valence-corrected chi connectivity index (χ2v) is 9.54. The van der Waals surface area contributed by atoms with Crippen LogP contribution in [-0.2, 0) is 9.32 Å². The van der Waals surface area contributed by atoms with Gasteiger partial charge >= 0.3 is 0 Å². The first-order chi connectivity index (χ1) is 15.5. The van der Waals surface area contributed by atoms with E-state index in [0.29, 0.717) is 39.9 Å². The Morgan fingerprint density at radius 2 is 2.12 bits per heavy atom. The van der Waals surface area contributed by atoms with Crippen LogP contribution in [-0.4, -0.2) is 36.4 Å². The number of carbonyl (C=O) groups excluding carboxylic acids is 1. The Morgan fingerprint density at radius 3 is 2.84 bits per heavy atom. The minimum absolute atomic E-state index is 0.116. The van der Waals surface area contributed by atoms with Crippen LogP contribution < -0.4 is 10.1 Å². The summed E-state index contributed by atoms with van der Waals surface area (Å²) in [6.07, 6.45) is 12.2. The third kappa shape index (κ3) is 9.71. The molecule has 2 rings (SSSR count). The standard InChI is InChI=1S/C25H39NO4P2/c1-3-26-25(28)14-10-5-4-9-13-23-22(19(2)17-24(23)27)16-15-21(30-32-31)18-29-20-11-7-6-8-12-20/h4,6-9,11-12,15-16,19,21-24,27,32H,3,5,10,13-14,17-18,31H2,1-2H3,(H,26,28)/b9-4-,16-15+/t19-,21-,22+,23-,24+/m1/s1. The maximum atomic E-state index is 11.5. The summed E-state index contributed by atoms with van der Waals surface area (Å²) in [5, 5.41) is 13.4. The second kappa shape index (κ2) is 15.6. The van der Waals surface area contributed by atoms with Gasteiger partial charge in [0.15, 0.2) is 0 Å². The highest BCUT2D eigenvalue weighted by molar-refractivity contribution is 8.00. The molecule has 1 aliphatic carbocycles. The summed E-state index contributed by atoms with van der Waals surface area (Å²) in [6, 6.07) is 9.77. The minimum Gasteiger partial charge on any atom is -0.491 e. The Kier molecular flexibility index (Phi) is 13.1. The van der Waals surface area contributed by atoms with E-state index in [1.165, 1.54) is 0 Å². The van der Waals surface area contributed by atoms with Crippen LogP contribution in [0.3, 0.4) is 0 Å². The number of carbonyl (C=O) groups is 1. The molecule has 1 fully saturated rings. The van der Waals surface area contributed by atoms with Crippen LogP contribution in [0.2, 0.25) is 0 Å². The SMILES string of the molecule is CCNC(=O)CCC/C=C\C[C@@H]1[C@@H](/C=C/[C@H](COc2ccccc2)OPP)[C@H](C)C[C@@H]1O. The molecule has 2 N–H and O–H groups in total. The summed E-state index contributed by atoms with van der Waals surface area (Å²) in [6.45, 7) is 5.29. The molecule has 1 amide bonds. The summed E-state index contributed by atoms with van der Waals surface area (Å²) in [7, 11) is 2.93. The van der Waals surface area contributed by atoms with Gasteiger partial charge in [0.1, 0.15) is 18.5 Å². The highest BCUT2D eigenvalue weighted by Crippen LogP contribution is 2.40. The zero-order chi connectivity index (χ0) is 23.2. The van der Waals surface area contributed by atoms with Crippen molar-refractivity contribution in [2.24, 2.45) is 17.8 Å². The fraction of sp³-hybridized carbons (Fsp3) is 0.560. The third-order valence-corrected chi connectivity index (χ3v) is 6.75. The summed E-state index contributed by atoms with van der Waals surface area (Å²) in [4.78, 5) is 11.5. The Balaban J connectivity index is 1.86. The van der Waals surface area contributed by atoms with E-state index in [0.717, 1.165) is 31.4 Å². The van der Waals surface area contributed by atoms with E-state index < -0.39 is 0 Å². The lowest BCUT2D eigenvalue weighted by molar-refractivity contribution is -0.121. The second-order valence-electron chi connectivity index (χ2n) is 8.36. The number of rotatable bonds is 14. The predicted octanol–water partition coefficient (Wildman–Crippen LogP) is 5.28. The van der Waals surface area contributed by atoms with E-state index >= 15 is 0 Å². The van der Waals surface area contributed by atoms with Gasteiger partial charge in [-0.05, 0) is 62.5 Å². The molecule has 0 radical (unpaired) electrons. The maximum absolute atomic E-state index is 11.5. The molecule has 1 aromatic rings. The summed E-state index contributed by atoms with van der Waals surface area (Å²) in [5.41, 5.74) is 0. The number of hydrogen-bond acceptors (Lipinski definition) is 4. The first kappa shape index (κ1) is 27.0. The van der Waals surface area contributed by atoms with Crippen LogP contribution in [0.1, 0.15) is 46.0 Å². The smallest absolute Gasteiger partial charge is 0.219 e. The van der Waals surface area contributed by atoms with Crippen molar-refractivity contribution in [2.75, 3.05) is 13.2 Å². The highest BCUT2D eigenvalue weighted by atomic mass is 32.0. The lowest BCUT2D eigenvalue weighted by Gasteiger charge is -2.21. The zero-order valence-electron chi connectivity index (χ0n) is 19.3. The summed E-state index contributed by atoms with van der Waals surface area (Å²) >= 11 is 0. The van der Waals surface area contributed by atoms with Crippen LogP contribution in [0.5, 0.6) is 5.75 Å². The summed E-state index contributed by atoms with van der Waals surface area (Å²) < 4.78 is 11.7. The van der Waals surface area contributed by atoms with Crippen LogP contribution >= 0.6 is 17.4 Å². The molecule has 0 bridgehead atoms. The number of aliphatic hydroxyl groups excluding tert-OH is 1. The van der Waals surface area contributed by atoms with E-state index in [9.17, 15) is 9.90 Å². The van der Waals surface area contributed by atoms with E-state index in [2.05, 4.69) is 45.5 Å². The van der Waals surface area contributed by atoms with Crippen LogP contribution in [0.15, 0.2) is 54.6 Å². The molecule has 2 unspecified atom stereocenters. The number of unbranched alkanes of at least 4 members (excludes halogenated alkanes) is 1. The monoisotopic (exact) mass is 479 g/mol. The largest absolute Gasteiger partial charge is 0.491 e. The topological polar surface area (TPSA) is 67.8 Å². The molecule has 7 heteroatoms. The van der Waals surface area contributed by atoms with Crippen molar-refractivity contribution in [3.05, 3.63) is 54.6 Å². The molecule has 178 valence electrons. The van der Waals surface area contributed by atoms with E-state index in [-0.39, 0.29) is 24.0 Å². The fourth-order valence-corrected chi connectivity index (χ4v) is 5.08. The molecule has 1 aliphatic rings. The number of aliphatic hydroxyl groups is 1. The van der Waals surface area contributed by atoms with Gasteiger partial charge in [-0.15, -0.1) is 0 Å². The number of nitrogens with one attached hydrogen (secondary N) is 1. The van der Waals surface area contributed by atoms with Crippen molar-refractivity contribution >= 4 is 23.3 Å². The van der Waals surface area contributed by atoms with Crippen molar-refractivity contribution in [3.63, 3.8) is 0 Å². The van der Waals surface area contributed by atoms with Gasteiger partial charge in [0.05, 0.1) is 6.10 Å². The molecular weight excluding hydrogens is 440 g/mol. The van der Waals surface area contributed by atoms with Crippen molar-refractivity contribution in [3.8, 4) is 5.75 Å². The number of ether oxygens (including phenoxy) is 1. The van der Waals surface area contributed by atoms with Gasteiger partial charge in [-0.25, -0.2) is 0 Å². The van der Waals surface area contributed by atoms with E-state index in [1.54, 1.807) is 0 Å². The lowest BCUT2D eigenvalue weighted by atomic mass is 9.87. The van der Waals surface area contributed by atoms with Crippen LogP contribution in [0.4, 0.5) is 0 Å². The fourth-order valence-electron chi connectivity index (χ4n) is 4.24. The molecule has 7 atom stereocenters. The average molecular weight is 480 g/mol. The van der Waals surface area contributed by atoms with Gasteiger partial charge in [-0.3, -0.25) is 4.79 Å². The van der Waals surface area contributed by atoms with Crippen LogP contribution in [0.25, 0.3) is 0 Å². The molecule has 5 nitrogen and oxygen atoms in total. The van der Waals surface area contributed by atoms with Crippen molar-refractivity contribution in [2.45, 2.75) is 58.2 Å². The Morgan fingerprint density at radius 1 is 1.34 bits per heavy atom. The third-order valence-electron chi connectivity index (χ3n) is 5.91. The zero-order valence-corrected chi connectivity index (χ0v) is 21.4. The summed E-state index contributed by atoms with van der Waals surface area (Å²) in [5.74, 6) is 1.88. The van der Waals surface area contributed by atoms with Gasteiger partial charge in [0, 0.05) is 21.5 Å². The molecule has 0 spiro atoms. The highest BCUT2D eigenvalue weighted by Gasteiger charge is 2.37. The van der Waals surface area contributed by atoms with Crippen molar-refractivity contribution in [1.82, 2.24) is 5.32 Å². The van der Waals surface area contributed by atoms with Gasteiger partial charge in [0.25, 0.3) is 0 Å². The molecule has 0 heterocycles. The first-order valence-electron chi connectivity index (χ1n) is 11.6. The quantitative estimate of drug-likeness (QED) is 0.217. The lowest BCUT2D eigenvalue weighted by Crippen LogP contribution is -2.21. The molecule has 1 saturated carbocycles. The van der Waals surface area contributed by atoms with Crippen molar-refractivity contribution < 1.29 is 19.2 Å². The average Bonchev–Trinajstić information content (AvgIpc) is 3.05. The number of amides is 1. The van der Waals surface area contributed by atoms with Gasteiger partial charge in [-0.2, -0.15) is 0 Å². The molecule has 0 aliphatic heterocycles. The van der Waals surface area contributed by atoms with Crippen molar-refractivity contribution in [1.29, 1.82) is 0 Å². The minimum atomic E-state index is -0.289. The van der Waals surface area contributed by atoms with E-state index in [4.69, 9.17) is 9.26 Å². The van der Waals surface area contributed by atoms with Gasteiger partial charge in [-0.1, -0.05) is 58.4 Å². The maximum Gasteiger partial charge on any atom is 0.219 e. The van der Waals surface area contributed by atoms with Gasteiger partial charge < -0.3 is 19.7 Å².